The standard InChI is InChI=1S/C16H21NO4S/c1-10(2)22-13-7-5-4-6-11(13)14-12(15(18)21-3)8-9-17(14)16(19)20/h4-7,10,12,14H,8-9H2,1-3H3,(H,19,20). The van der Waals surface area contributed by atoms with E-state index >= 15 is 0 Å². The average Bonchev–Trinajstić information content (AvgIpc) is 2.91. The SMILES string of the molecule is COC(=O)C1CCN(C(=O)O)C1c1ccccc1SC(C)C. The van der Waals surface area contributed by atoms with Crippen LogP contribution in [0.2, 0.25) is 0 Å². The molecule has 1 aliphatic heterocycles. The number of ether oxygens (including phenoxy) is 1. The fourth-order valence-electron chi connectivity index (χ4n) is 2.88. The van der Waals surface area contributed by atoms with Gasteiger partial charge >= 0.3 is 12.1 Å². The molecule has 1 heterocycles. The lowest BCUT2D eigenvalue weighted by atomic mass is 9.94. The highest BCUT2D eigenvalue weighted by Crippen LogP contribution is 2.42. The van der Waals surface area contributed by atoms with E-state index in [1.54, 1.807) is 11.8 Å². The van der Waals surface area contributed by atoms with Crippen LogP contribution in [0.15, 0.2) is 29.2 Å². The van der Waals surface area contributed by atoms with E-state index in [9.17, 15) is 14.7 Å². The number of carbonyl (C=O) groups excluding carboxylic acids is 1. The first-order valence-corrected chi connectivity index (χ1v) is 8.16. The summed E-state index contributed by atoms with van der Waals surface area (Å²) >= 11 is 1.68. The van der Waals surface area contributed by atoms with Crippen molar-refractivity contribution in [1.82, 2.24) is 4.90 Å². The van der Waals surface area contributed by atoms with Crippen LogP contribution in [0.5, 0.6) is 0 Å². The Hall–Kier alpha value is -1.69. The van der Waals surface area contributed by atoms with Gasteiger partial charge in [-0.15, -0.1) is 11.8 Å². The van der Waals surface area contributed by atoms with Crippen molar-refractivity contribution in [1.29, 1.82) is 0 Å². The average molecular weight is 323 g/mol. The van der Waals surface area contributed by atoms with Crippen LogP contribution in [0, 0.1) is 5.92 Å². The van der Waals surface area contributed by atoms with E-state index in [1.165, 1.54) is 12.0 Å². The van der Waals surface area contributed by atoms with Gasteiger partial charge in [-0.05, 0) is 18.1 Å². The van der Waals surface area contributed by atoms with Crippen LogP contribution < -0.4 is 0 Å². The minimum Gasteiger partial charge on any atom is -0.469 e. The lowest BCUT2D eigenvalue weighted by Crippen LogP contribution is -2.33. The lowest BCUT2D eigenvalue weighted by molar-refractivity contribution is -0.146. The first kappa shape index (κ1) is 16.7. The molecule has 1 fully saturated rings. The van der Waals surface area contributed by atoms with Crippen LogP contribution in [0.4, 0.5) is 4.79 Å². The third-order valence-electron chi connectivity index (χ3n) is 3.75. The molecule has 1 aliphatic rings. The van der Waals surface area contributed by atoms with Gasteiger partial charge in [0.1, 0.15) is 0 Å². The first-order chi connectivity index (χ1) is 10.5. The van der Waals surface area contributed by atoms with E-state index in [-0.39, 0.29) is 5.97 Å². The summed E-state index contributed by atoms with van der Waals surface area (Å²) in [5.74, 6) is -0.798. The minimum absolute atomic E-state index is 0.348. The number of amides is 1. The molecule has 1 N–H and O–H groups in total. The van der Waals surface area contributed by atoms with Crippen LogP contribution in [-0.2, 0) is 9.53 Å². The zero-order valence-corrected chi connectivity index (χ0v) is 13.8. The maximum atomic E-state index is 12.1. The Morgan fingerprint density at radius 2 is 2.05 bits per heavy atom. The number of carbonyl (C=O) groups is 2. The van der Waals surface area contributed by atoms with Crippen LogP contribution in [0.3, 0.4) is 0 Å². The van der Waals surface area contributed by atoms with Crippen molar-refractivity contribution in [3.63, 3.8) is 0 Å². The number of nitrogens with zero attached hydrogens (tertiary/aromatic N) is 1. The van der Waals surface area contributed by atoms with Gasteiger partial charge in [0.25, 0.3) is 0 Å². The lowest BCUT2D eigenvalue weighted by Gasteiger charge is -2.27. The van der Waals surface area contributed by atoms with Crippen LogP contribution >= 0.6 is 11.8 Å². The number of benzene rings is 1. The molecule has 0 saturated carbocycles. The fourth-order valence-corrected chi connectivity index (χ4v) is 3.87. The molecule has 1 aromatic rings. The molecule has 0 aliphatic carbocycles. The summed E-state index contributed by atoms with van der Waals surface area (Å²) in [6.45, 7) is 4.52. The normalized spacial score (nSPS) is 21.2. The van der Waals surface area contributed by atoms with Crippen molar-refractivity contribution >= 4 is 23.8 Å². The molecule has 0 bridgehead atoms. The second kappa shape index (κ2) is 7.05. The molecule has 5 nitrogen and oxygen atoms in total. The van der Waals surface area contributed by atoms with Gasteiger partial charge in [-0.3, -0.25) is 4.79 Å². The molecule has 1 aromatic carbocycles. The second-order valence-corrected chi connectivity index (χ2v) is 7.16. The summed E-state index contributed by atoms with van der Waals surface area (Å²) in [6.07, 6.45) is -0.509. The predicted molar refractivity (Wildman–Crippen MR) is 85.0 cm³/mol. The van der Waals surface area contributed by atoms with Gasteiger partial charge in [0.2, 0.25) is 0 Å². The molecule has 120 valence electrons. The van der Waals surface area contributed by atoms with Crippen molar-refractivity contribution in [2.24, 2.45) is 5.92 Å². The van der Waals surface area contributed by atoms with Gasteiger partial charge in [0.05, 0.1) is 19.1 Å². The Kier molecular flexibility index (Phi) is 5.34. The van der Waals surface area contributed by atoms with Gasteiger partial charge in [-0.1, -0.05) is 32.0 Å². The molecular formula is C16H21NO4S. The molecule has 1 saturated heterocycles. The quantitative estimate of drug-likeness (QED) is 0.679. The zero-order valence-electron chi connectivity index (χ0n) is 13.0. The summed E-state index contributed by atoms with van der Waals surface area (Å²) in [7, 11) is 1.34. The van der Waals surface area contributed by atoms with Gasteiger partial charge in [-0.25, -0.2) is 4.79 Å². The van der Waals surface area contributed by atoms with E-state index in [2.05, 4.69) is 13.8 Å². The zero-order chi connectivity index (χ0) is 16.3. The number of rotatable bonds is 4. The predicted octanol–water partition coefficient (Wildman–Crippen LogP) is 3.40. The molecule has 0 aromatic heterocycles. The summed E-state index contributed by atoms with van der Waals surface area (Å²) in [5.41, 5.74) is 0.886. The molecule has 2 rings (SSSR count). The Morgan fingerprint density at radius 1 is 1.36 bits per heavy atom. The fraction of sp³-hybridized carbons (Fsp3) is 0.500. The largest absolute Gasteiger partial charge is 0.469 e. The molecular weight excluding hydrogens is 302 g/mol. The van der Waals surface area contributed by atoms with E-state index < -0.39 is 18.1 Å². The van der Waals surface area contributed by atoms with Crippen LogP contribution in [0.25, 0.3) is 0 Å². The number of methoxy groups -OCH3 is 1. The van der Waals surface area contributed by atoms with Crippen molar-refractivity contribution < 1.29 is 19.4 Å². The summed E-state index contributed by atoms with van der Waals surface area (Å²) in [5, 5.41) is 9.83. The number of hydrogen-bond acceptors (Lipinski definition) is 4. The molecule has 2 unspecified atom stereocenters. The molecule has 0 spiro atoms. The molecule has 6 heteroatoms. The summed E-state index contributed by atoms with van der Waals surface area (Å²) < 4.78 is 4.87. The van der Waals surface area contributed by atoms with Crippen LogP contribution in [-0.4, -0.2) is 41.0 Å². The summed E-state index contributed by atoms with van der Waals surface area (Å²) in [6, 6.07) is 7.22. The molecule has 22 heavy (non-hydrogen) atoms. The highest BCUT2D eigenvalue weighted by molar-refractivity contribution is 8.00. The Morgan fingerprint density at radius 3 is 2.64 bits per heavy atom. The molecule has 0 radical (unpaired) electrons. The minimum atomic E-state index is -0.999. The van der Waals surface area contributed by atoms with E-state index in [1.807, 2.05) is 24.3 Å². The smallest absolute Gasteiger partial charge is 0.407 e. The monoisotopic (exact) mass is 323 g/mol. The van der Waals surface area contributed by atoms with Crippen molar-refractivity contribution in [2.45, 2.75) is 36.5 Å². The molecule has 1 amide bonds. The van der Waals surface area contributed by atoms with E-state index in [4.69, 9.17) is 4.74 Å². The third kappa shape index (κ3) is 3.38. The van der Waals surface area contributed by atoms with Crippen molar-refractivity contribution in [2.75, 3.05) is 13.7 Å². The highest BCUT2D eigenvalue weighted by atomic mass is 32.2. The van der Waals surface area contributed by atoms with Crippen LogP contribution in [0.1, 0.15) is 31.9 Å². The highest BCUT2D eigenvalue weighted by Gasteiger charge is 2.43. The van der Waals surface area contributed by atoms with E-state index in [0.29, 0.717) is 18.2 Å². The molecule has 2 atom stereocenters. The van der Waals surface area contributed by atoms with Crippen molar-refractivity contribution in [3.8, 4) is 0 Å². The summed E-state index contributed by atoms with van der Waals surface area (Å²) in [4.78, 5) is 26.0. The topological polar surface area (TPSA) is 66.8 Å². The maximum absolute atomic E-state index is 12.1. The third-order valence-corrected chi connectivity index (χ3v) is 4.84. The Balaban J connectivity index is 2.44. The Bertz CT molecular complexity index is 561. The van der Waals surface area contributed by atoms with Gasteiger partial charge in [-0.2, -0.15) is 0 Å². The number of thioether (sulfide) groups is 1. The maximum Gasteiger partial charge on any atom is 0.407 e. The van der Waals surface area contributed by atoms with Gasteiger partial charge in [0.15, 0.2) is 0 Å². The number of esters is 1. The second-order valence-electron chi connectivity index (χ2n) is 5.54. The van der Waals surface area contributed by atoms with Gasteiger partial charge in [0, 0.05) is 16.7 Å². The number of likely N-dealkylation sites (tertiary alicyclic amines) is 1. The Labute approximate surface area is 134 Å². The van der Waals surface area contributed by atoms with E-state index in [0.717, 1.165) is 10.5 Å². The first-order valence-electron chi connectivity index (χ1n) is 7.28. The van der Waals surface area contributed by atoms with Crippen molar-refractivity contribution in [3.05, 3.63) is 29.8 Å². The van der Waals surface area contributed by atoms with Gasteiger partial charge < -0.3 is 14.7 Å². The number of carboxylic acid groups (broad SMARTS) is 1. The number of hydrogen-bond donors (Lipinski definition) is 1.